The molecule has 0 saturated heterocycles. The summed E-state index contributed by atoms with van der Waals surface area (Å²) in [5, 5.41) is 2.75. The lowest BCUT2D eigenvalue weighted by Gasteiger charge is -2.06. The summed E-state index contributed by atoms with van der Waals surface area (Å²) in [6.45, 7) is 0.359. The van der Waals surface area contributed by atoms with Crippen LogP contribution in [0.5, 0.6) is 5.88 Å². The first-order valence-corrected chi connectivity index (χ1v) is 5.92. The third-order valence-electron chi connectivity index (χ3n) is 2.62. The Bertz CT molecular complexity index is 586. The van der Waals surface area contributed by atoms with Crippen LogP contribution < -0.4 is 21.3 Å². The summed E-state index contributed by atoms with van der Waals surface area (Å²) >= 11 is 0. The molecule has 2 rings (SSSR count). The van der Waals surface area contributed by atoms with Crippen LogP contribution in [0, 0.1) is 0 Å². The normalized spacial score (nSPS) is 9.90. The molecule has 0 bridgehead atoms. The molecule has 0 aliphatic carbocycles. The van der Waals surface area contributed by atoms with Gasteiger partial charge in [0.1, 0.15) is 5.69 Å². The van der Waals surface area contributed by atoms with Gasteiger partial charge in [0.2, 0.25) is 5.88 Å². The summed E-state index contributed by atoms with van der Waals surface area (Å²) < 4.78 is 4.96. The average molecular weight is 273 g/mol. The molecule has 2 aromatic rings. The van der Waals surface area contributed by atoms with Crippen LogP contribution in [0.1, 0.15) is 16.1 Å². The van der Waals surface area contributed by atoms with Crippen molar-refractivity contribution in [1.82, 2.24) is 15.3 Å². The minimum atomic E-state index is -0.280. The van der Waals surface area contributed by atoms with Gasteiger partial charge >= 0.3 is 0 Å². The molecule has 0 radical (unpaired) electrons. The maximum atomic E-state index is 11.9. The summed E-state index contributed by atoms with van der Waals surface area (Å²) in [6.07, 6.45) is 3.16. The smallest absolute Gasteiger partial charge is 0.270 e. The fourth-order valence-corrected chi connectivity index (χ4v) is 1.55. The number of ether oxygens (including phenoxy) is 1. The highest BCUT2D eigenvalue weighted by Crippen LogP contribution is 2.08. The van der Waals surface area contributed by atoms with Crippen molar-refractivity contribution in [3.63, 3.8) is 0 Å². The van der Waals surface area contributed by atoms with E-state index < -0.39 is 0 Å². The lowest BCUT2D eigenvalue weighted by molar-refractivity contribution is 0.0946. The summed E-state index contributed by atoms with van der Waals surface area (Å²) in [5.74, 6) is 5.53. The number of aromatic nitrogens is 2. The molecule has 2 aromatic heterocycles. The van der Waals surface area contributed by atoms with Gasteiger partial charge in [-0.1, -0.05) is 6.07 Å². The monoisotopic (exact) mass is 273 g/mol. The number of amides is 1. The molecular weight excluding hydrogens is 258 g/mol. The highest BCUT2D eigenvalue weighted by Gasteiger charge is 2.07. The highest BCUT2D eigenvalue weighted by atomic mass is 16.5. The van der Waals surface area contributed by atoms with E-state index in [1.807, 2.05) is 6.07 Å². The Hall–Kier alpha value is -2.67. The molecule has 104 valence electrons. The molecule has 7 nitrogen and oxygen atoms in total. The average Bonchev–Trinajstić information content (AvgIpc) is 2.53. The molecule has 20 heavy (non-hydrogen) atoms. The second-order valence-corrected chi connectivity index (χ2v) is 3.97. The van der Waals surface area contributed by atoms with Crippen molar-refractivity contribution in [2.75, 3.05) is 12.5 Å². The third-order valence-corrected chi connectivity index (χ3v) is 2.62. The number of hydrazine groups is 1. The summed E-state index contributed by atoms with van der Waals surface area (Å²) in [7, 11) is 1.55. The van der Waals surface area contributed by atoms with Crippen LogP contribution in [-0.2, 0) is 6.54 Å². The van der Waals surface area contributed by atoms with E-state index in [0.717, 1.165) is 5.56 Å². The summed E-state index contributed by atoms with van der Waals surface area (Å²) in [5.41, 5.74) is 4.25. The number of rotatable bonds is 5. The van der Waals surface area contributed by atoms with E-state index >= 15 is 0 Å². The number of pyridine rings is 2. The van der Waals surface area contributed by atoms with Crippen molar-refractivity contribution in [3.8, 4) is 5.88 Å². The first-order chi connectivity index (χ1) is 9.72. The Balaban J connectivity index is 1.97. The van der Waals surface area contributed by atoms with Crippen molar-refractivity contribution in [3.05, 3.63) is 47.9 Å². The third kappa shape index (κ3) is 3.42. The van der Waals surface area contributed by atoms with Crippen molar-refractivity contribution in [2.24, 2.45) is 5.84 Å². The van der Waals surface area contributed by atoms with Crippen LogP contribution in [0.2, 0.25) is 0 Å². The Labute approximate surface area is 116 Å². The zero-order chi connectivity index (χ0) is 14.4. The predicted octanol–water partition coefficient (Wildman–Crippen LogP) is 0.701. The molecule has 0 spiro atoms. The fraction of sp³-hybridized carbons (Fsp3) is 0.154. The zero-order valence-electron chi connectivity index (χ0n) is 11.0. The molecule has 1 amide bonds. The Morgan fingerprint density at radius 3 is 2.85 bits per heavy atom. The number of nitrogens with two attached hydrogens (primary N) is 1. The SMILES string of the molecule is COc1ccc(CNC(=O)c2cc(NN)ccn2)cn1. The van der Waals surface area contributed by atoms with E-state index in [0.29, 0.717) is 23.8 Å². The van der Waals surface area contributed by atoms with Gasteiger partial charge in [-0.25, -0.2) is 4.98 Å². The largest absolute Gasteiger partial charge is 0.481 e. The minimum Gasteiger partial charge on any atom is -0.481 e. The molecule has 0 atom stereocenters. The maximum Gasteiger partial charge on any atom is 0.270 e. The van der Waals surface area contributed by atoms with E-state index in [9.17, 15) is 4.79 Å². The second kappa shape index (κ2) is 6.48. The minimum absolute atomic E-state index is 0.280. The Kier molecular flexibility index (Phi) is 4.46. The number of carbonyl (C=O) groups excluding carboxylic acids is 1. The lowest BCUT2D eigenvalue weighted by atomic mass is 10.2. The number of nitrogen functional groups attached to an aromatic ring is 1. The number of nitrogens with one attached hydrogen (secondary N) is 2. The van der Waals surface area contributed by atoms with E-state index in [1.165, 1.54) is 6.20 Å². The summed E-state index contributed by atoms with van der Waals surface area (Å²) in [4.78, 5) is 20.0. The molecule has 0 aromatic carbocycles. The molecule has 0 aliphatic heterocycles. The van der Waals surface area contributed by atoms with Crippen LogP contribution >= 0.6 is 0 Å². The van der Waals surface area contributed by atoms with Crippen molar-refractivity contribution < 1.29 is 9.53 Å². The van der Waals surface area contributed by atoms with E-state index in [1.54, 1.807) is 31.5 Å². The van der Waals surface area contributed by atoms with Gasteiger partial charge in [0.15, 0.2) is 0 Å². The zero-order valence-corrected chi connectivity index (χ0v) is 11.0. The number of hydrogen-bond donors (Lipinski definition) is 3. The van der Waals surface area contributed by atoms with E-state index in [2.05, 4.69) is 20.7 Å². The molecule has 7 heteroatoms. The van der Waals surface area contributed by atoms with E-state index in [-0.39, 0.29) is 5.91 Å². The van der Waals surface area contributed by atoms with Gasteiger partial charge in [-0.05, 0) is 17.7 Å². The highest BCUT2D eigenvalue weighted by molar-refractivity contribution is 5.93. The van der Waals surface area contributed by atoms with Crippen molar-refractivity contribution >= 4 is 11.6 Å². The van der Waals surface area contributed by atoms with Crippen LogP contribution in [-0.4, -0.2) is 23.0 Å². The first kappa shape index (κ1) is 13.8. The molecule has 0 unspecified atom stereocenters. The van der Waals surface area contributed by atoms with E-state index in [4.69, 9.17) is 10.6 Å². The topological polar surface area (TPSA) is 102 Å². The predicted molar refractivity (Wildman–Crippen MR) is 74.0 cm³/mol. The molecule has 4 N–H and O–H groups in total. The van der Waals surface area contributed by atoms with Gasteiger partial charge in [0, 0.05) is 25.0 Å². The van der Waals surface area contributed by atoms with Gasteiger partial charge < -0.3 is 15.5 Å². The van der Waals surface area contributed by atoms with Gasteiger partial charge in [-0.3, -0.25) is 15.6 Å². The van der Waals surface area contributed by atoms with Gasteiger partial charge in [0.05, 0.1) is 12.8 Å². The second-order valence-electron chi connectivity index (χ2n) is 3.97. The van der Waals surface area contributed by atoms with Crippen LogP contribution in [0.4, 0.5) is 5.69 Å². The van der Waals surface area contributed by atoms with Crippen LogP contribution in [0.3, 0.4) is 0 Å². The molecule has 2 heterocycles. The van der Waals surface area contributed by atoms with Crippen molar-refractivity contribution in [2.45, 2.75) is 6.54 Å². The number of methoxy groups -OCH3 is 1. The fourth-order valence-electron chi connectivity index (χ4n) is 1.55. The molecule has 0 fully saturated rings. The standard InChI is InChI=1S/C13H15N5O2/c1-20-12-3-2-9(7-16-12)8-17-13(19)11-6-10(18-14)4-5-15-11/h2-7H,8,14H2,1H3,(H,15,18)(H,17,19). The van der Waals surface area contributed by atoms with Crippen molar-refractivity contribution in [1.29, 1.82) is 0 Å². The quantitative estimate of drug-likeness (QED) is 0.547. The number of anilines is 1. The lowest BCUT2D eigenvalue weighted by Crippen LogP contribution is -2.24. The van der Waals surface area contributed by atoms with Gasteiger partial charge in [-0.15, -0.1) is 0 Å². The first-order valence-electron chi connectivity index (χ1n) is 5.92. The Morgan fingerprint density at radius 1 is 1.35 bits per heavy atom. The Morgan fingerprint density at radius 2 is 2.20 bits per heavy atom. The van der Waals surface area contributed by atoms with Gasteiger partial charge in [0.25, 0.3) is 5.91 Å². The molecule has 0 aliphatic rings. The summed E-state index contributed by atoms with van der Waals surface area (Å²) in [6, 6.07) is 6.81. The maximum absolute atomic E-state index is 11.9. The number of carbonyl (C=O) groups is 1. The van der Waals surface area contributed by atoms with Gasteiger partial charge in [-0.2, -0.15) is 0 Å². The van der Waals surface area contributed by atoms with Crippen LogP contribution in [0.15, 0.2) is 36.7 Å². The number of nitrogens with zero attached hydrogens (tertiary/aromatic N) is 2. The molecule has 0 saturated carbocycles. The number of hydrogen-bond acceptors (Lipinski definition) is 6. The van der Waals surface area contributed by atoms with Crippen LogP contribution in [0.25, 0.3) is 0 Å². The molecular formula is C13H15N5O2.